The molecule has 0 bridgehead atoms. The number of fused-ring (bicyclic) bond motifs is 1. The minimum atomic E-state index is -0.0685. The van der Waals surface area contributed by atoms with Gasteiger partial charge >= 0.3 is 0 Å². The van der Waals surface area contributed by atoms with Crippen LogP contribution in [0.15, 0.2) is 28.9 Å². The average molecular weight is 309 g/mol. The van der Waals surface area contributed by atoms with Gasteiger partial charge < -0.3 is 15.2 Å². The van der Waals surface area contributed by atoms with Crippen LogP contribution in [0.1, 0.15) is 18.0 Å². The second-order valence-electron chi connectivity index (χ2n) is 4.38. The van der Waals surface area contributed by atoms with E-state index < -0.39 is 0 Å². The van der Waals surface area contributed by atoms with E-state index in [9.17, 15) is 0 Å². The van der Waals surface area contributed by atoms with Gasteiger partial charge in [-0.25, -0.2) is 4.98 Å². The molecular weight excluding hydrogens is 294 g/mol. The standard InChI is InChI=1S/C13H15N3O2S2/c14-10(7-19-13-15-8-16-20-13)9-2-3-11-12(6-9)18-5-1-4-17-11/h2-3,6,8,10H,1,4-5,7,14H2. The van der Waals surface area contributed by atoms with E-state index in [-0.39, 0.29) is 6.04 Å². The third-order valence-electron chi connectivity index (χ3n) is 2.93. The van der Waals surface area contributed by atoms with E-state index in [0.717, 1.165) is 33.6 Å². The number of nitrogens with two attached hydrogens (primary N) is 1. The van der Waals surface area contributed by atoms with Gasteiger partial charge in [0.25, 0.3) is 0 Å². The van der Waals surface area contributed by atoms with Crippen LogP contribution < -0.4 is 15.2 Å². The molecule has 7 heteroatoms. The Bertz CT molecular complexity index is 563. The first-order valence-corrected chi connectivity index (χ1v) is 8.13. The zero-order valence-corrected chi connectivity index (χ0v) is 12.5. The van der Waals surface area contributed by atoms with E-state index in [1.165, 1.54) is 11.5 Å². The molecule has 1 aromatic heterocycles. The van der Waals surface area contributed by atoms with Gasteiger partial charge in [0.2, 0.25) is 0 Å². The predicted molar refractivity (Wildman–Crippen MR) is 79.6 cm³/mol. The van der Waals surface area contributed by atoms with Gasteiger partial charge in [-0.2, -0.15) is 4.37 Å². The van der Waals surface area contributed by atoms with Crippen molar-refractivity contribution in [1.29, 1.82) is 0 Å². The molecule has 1 unspecified atom stereocenters. The molecule has 1 aliphatic rings. The van der Waals surface area contributed by atoms with E-state index in [4.69, 9.17) is 15.2 Å². The summed E-state index contributed by atoms with van der Waals surface area (Å²) < 4.78 is 16.2. The highest BCUT2D eigenvalue weighted by Gasteiger charge is 2.14. The largest absolute Gasteiger partial charge is 0.490 e. The monoisotopic (exact) mass is 309 g/mol. The topological polar surface area (TPSA) is 70.3 Å². The molecule has 2 heterocycles. The molecule has 0 aliphatic carbocycles. The van der Waals surface area contributed by atoms with Gasteiger partial charge in [-0.3, -0.25) is 0 Å². The lowest BCUT2D eigenvalue weighted by Crippen LogP contribution is -2.13. The average Bonchev–Trinajstić information content (AvgIpc) is 2.88. The van der Waals surface area contributed by atoms with E-state index in [1.54, 1.807) is 18.1 Å². The van der Waals surface area contributed by atoms with Crippen molar-refractivity contribution in [3.05, 3.63) is 30.1 Å². The Kier molecular flexibility index (Phi) is 4.39. The number of rotatable bonds is 4. The summed E-state index contributed by atoms with van der Waals surface area (Å²) in [5, 5.41) is 0. The molecule has 2 N–H and O–H groups in total. The molecule has 0 saturated heterocycles. The van der Waals surface area contributed by atoms with Gasteiger partial charge in [0.05, 0.1) is 13.2 Å². The van der Waals surface area contributed by atoms with Crippen molar-refractivity contribution >= 4 is 23.3 Å². The Morgan fingerprint density at radius 3 is 2.95 bits per heavy atom. The molecule has 0 saturated carbocycles. The molecule has 0 fully saturated rings. The molecule has 2 aromatic rings. The van der Waals surface area contributed by atoms with Gasteiger partial charge in [-0.15, -0.1) is 0 Å². The minimum absolute atomic E-state index is 0.0685. The van der Waals surface area contributed by atoms with Gasteiger partial charge in [-0.05, 0) is 29.2 Å². The van der Waals surface area contributed by atoms with Gasteiger partial charge in [0.1, 0.15) is 6.33 Å². The lowest BCUT2D eigenvalue weighted by Gasteiger charge is -2.14. The maximum absolute atomic E-state index is 6.22. The molecule has 5 nitrogen and oxygen atoms in total. The zero-order valence-electron chi connectivity index (χ0n) is 10.8. The van der Waals surface area contributed by atoms with E-state index in [0.29, 0.717) is 13.2 Å². The summed E-state index contributed by atoms with van der Waals surface area (Å²) in [6.07, 6.45) is 2.47. The van der Waals surface area contributed by atoms with Crippen LogP contribution in [0.4, 0.5) is 0 Å². The number of benzene rings is 1. The first kappa shape index (κ1) is 13.7. The summed E-state index contributed by atoms with van der Waals surface area (Å²) in [4.78, 5) is 4.13. The molecule has 1 aromatic carbocycles. The lowest BCUT2D eigenvalue weighted by atomic mass is 10.1. The van der Waals surface area contributed by atoms with Crippen LogP contribution in [0.3, 0.4) is 0 Å². The number of ether oxygens (including phenoxy) is 2. The molecule has 0 amide bonds. The Labute approximate surface area is 125 Å². The van der Waals surface area contributed by atoms with Crippen molar-refractivity contribution in [2.75, 3.05) is 19.0 Å². The van der Waals surface area contributed by atoms with Gasteiger partial charge in [-0.1, -0.05) is 17.8 Å². The smallest absolute Gasteiger partial charge is 0.169 e. The highest BCUT2D eigenvalue weighted by Crippen LogP contribution is 2.33. The Morgan fingerprint density at radius 2 is 2.15 bits per heavy atom. The van der Waals surface area contributed by atoms with Crippen molar-refractivity contribution in [2.24, 2.45) is 5.73 Å². The van der Waals surface area contributed by atoms with Gasteiger partial charge in [0, 0.05) is 18.2 Å². The second kappa shape index (κ2) is 6.43. The van der Waals surface area contributed by atoms with Crippen LogP contribution >= 0.6 is 23.3 Å². The number of nitrogens with zero attached hydrogens (tertiary/aromatic N) is 2. The Morgan fingerprint density at radius 1 is 1.30 bits per heavy atom. The van der Waals surface area contributed by atoms with Crippen LogP contribution in [0.5, 0.6) is 11.5 Å². The molecule has 20 heavy (non-hydrogen) atoms. The molecule has 106 valence electrons. The minimum Gasteiger partial charge on any atom is -0.490 e. The molecule has 0 radical (unpaired) electrons. The van der Waals surface area contributed by atoms with E-state index >= 15 is 0 Å². The SMILES string of the molecule is NC(CSc1ncns1)c1ccc2c(c1)OCCCO2. The second-order valence-corrected chi connectivity index (χ2v) is 6.43. The number of hydrogen-bond acceptors (Lipinski definition) is 7. The molecule has 0 spiro atoms. The van der Waals surface area contributed by atoms with Crippen LogP contribution in [-0.2, 0) is 0 Å². The Hall–Kier alpha value is -1.31. The molecule has 3 rings (SSSR count). The first-order chi connectivity index (χ1) is 9.83. The first-order valence-electron chi connectivity index (χ1n) is 6.37. The summed E-state index contributed by atoms with van der Waals surface area (Å²) in [5.41, 5.74) is 7.27. The maximum Gasteiger partial charge on any atom is 0.169 e. The quantitative estimate of drug-likeness (QED) is 0.875. The fourth-order valence-corrected chi connectivity index (χ4v) is 3.35. The van der Waals surface area contributed by atoms with E-state index in [2.05, 4.69) is 9.36 Å². The van der Waals surface area contributed by atoms with Crippen molar-refractivity contribution in [3.8, 4) is 11.5 Å². The molecule has 1 aliphatic heterocycles. The third kappa shape index (κ3) is 3.23. The van der Waals surface area contributed by atoms with Crippen molar-refractivity contribution in [2.45, 2.75) is 16.8 Å². The van der Waals surface area contributed by atoms with Crippen LogP contribution in [0.2, 0.25) is 0 Å². The summed E-state index contributed by atoms with van der Waals surface area (Å²) in [5.74, 6) is 2.35. The number of aromatic nitrogens is 2. The fourth-order valence-electron chi connectivity index (χ4n) is 1.89. The Balaban J connectivity index is 1.68. The number of thioether (sulfide) groups is 1. The molecule has 1 atom stereocenters. The lowest BCUT2D eigenvalue weighted by molar-refractivity contribution is 0.297. The summed E-state index contributed by atoms with van der Waals surface area (Å²) >= 11 is 3.01. The maximum atomic E-state index is 6.22. The van der Waals surface area contributed by atoms with Crippen LogP contribution in [-0.4, -0.2) is 28.3 Å². The van der Waals surface area contributed by atoms with Crippen molar-refractivity contribution in [3.63, 3.8) is 0 Å². The molecular formula is C13H15N3O2S2. The fraction of sp³-hybridized carbons (Fsp3) is 0.385. The highest BCUT2D eigenvalue weighted by molar-refractivity contribution is 8.00. The summed E-state index contributed by atoms with van der Waals surface area (Å²) in [6, 6.07) is 5.84. The zero-order chi connectivity index (χ0) is 13.8. The van der Waals surface area contributed by atoms with Crippen molar-refractivity contribution < 1.29 is 9.47 Å². The highest BCUT2D eigenvalue weighted by atomic mass is 32.2. The van der Waals surface area contributed by atoms with Crippen molar-refractivity contribution in [1.82, 2.24) is 9.36 Å². The van der Waals surface area contributed by atoms with Crippen LogP contribution in [0, 0.1) is 0 Å². The summed E-state index contributed by atoms with van der Waals surface area (Å²) in [7, 11) is 0. The number of hydrogen-bond donors (Lipinski definition) is 1. The van der Waals surface area contributed by atoms with E-state index in [1.807, 2.05) is 18.2 Å². The third-order valence-corrected chi connectivity index (χ3v) is 4.84. The predicted octanol–water partition coefficient (Wildman–Crippen LogP) is 2.49. The normalized spacial score (nSPS) is 15.7. The van der Waals surface area contributed by atoms with Gasteiger partial charge in [0.15, 0.2) is 15.8 Å². The van der Waals surface area contributed by atoms with Crippen LogP contribution in [0.25, 0.3) is 0 Å². The summed E-state index contributed by atoms with van der Waals surface area (Å²) in [6.45, 7) is 1.39.